The quantitative estimate of drug-likeness (QED) is 0.543. The number of hydrogen-bond donors (Lipinski definition) is 1. The highest BCUT2D eigenvalue weighted by atomic mass is 32.1. The van der Waals surface area contributed by atoms with Gasteiger partial charge in [0.05, 0.1) is 41.5 Å². The molecule has 35 heavy (non-hydrogen) atoms. The molecule has 4 heterocycles. The highest BCUT2D eigenvalue weighted by Gasteiger charge is 2.25. The van der Waals surface area contributed by atoms with Crippen molar-refractivity contribution in [1.82, 2.24) is 19.4 Å². The second-order valence-electron chi connectivity index (χ2n) is 9.47. The number of carbonyl (C=O) groups is 1. The average molecular weight is 493 g/mol. The summed E-state index contributed by atoms with van der Waals surface area (Å²) in [4.78, 5) is 22.3. The van der Waals surface area contributed by atoms with Crippen LogP contribution in [0.3, 0.4) is 0 Å². The molecule has 2 fully saturated rings. The van der Waals surface area contributed by atoms with Crippen LogP contribution >= 0.6 is 11.3 Å². The molecule has 2 aliphatic heterocycles. The molecule has 0 unspecified atom stereocenters. The van der Waals surface area contributed by atoms with E-state index in [9.17, 15) is 10.1 Å². The molecule has 184 valence electrons. The molecule has 5 rings (SSSR count). The molecule has 1 amide bonds. The van der Waals surface area contributed by atoms with Crippen molar-refractivity contribution in [2.45, 2.75) is 45.9 Å². The van der Waals surface area contributed by atoms with Gasteiger partial charge in [-0.15, -0.1) is 11.3 Å². The fourth-order valence-electron chi connectivity index (χ4n) is 5.01. The molecular formula is C26H32N6O2S. The Bertz CT molecular complexity index is 1210. The average Bonchev–Trinajstić information content (AvgIpc) is 3.56. The fraction of sp³-hybridized carbons (Fsp3) is 0.500. The van der Waals surface area contributed by atoms with Gasteiger partial charge in [0.25, 0.3) is 0 Å². The van der Waals surface area contributed by atoms with E-state index >= 15 is 0 Å². The smallest absolute Gasteiger partial charge is 0.239 e. The maximum absolute atomic E-state index is 13.0. The molecule has 2 saturated heterocycles. The molecule has 1 atom stereocenters. The normalized spacial score (nSPS) is 19.3. The Hall–Kier alpha value is -2.77. The molecule has 8 nitrogen and oxygen atoms in total. The number of rotatable bonds is 7. The van der Waals surface area contributed by atoms with Gasteiger partial charge in [-0.25, -0.2) is 4.98 Å². The molecular weight excluding hydrogens is 460 g/mol. The first-order chi connectivity index (χ1) is 17.0. The lowest BCUT2D eigenvalue weighted by molar-refractivity contribution is -0.117. The lowest BCUT2D eigenvalue weighted by atomic mass is 10.2. The number of ether oxygens (including phenoxy) is 1. The molecule has 0 aliphatic carbocycles. The van der Waals surface area contributed by atoms with Gasteiger partial charge in [-0.2, -0.15) is 5.26 Å². The first kappa shape index (κ1) is 23.9. The van der Waals surface area contributed by atoms with E-state index in [0.717, 1.165) is 74.0 Å². The van der Waals surface area contributed by atoms with E-state index in [1.807, 2.05) is 19.9 Å². The number of fused-ring (bicyclic) bond motifs is 1. The van der Waals surface area contributed by atoms with Crippen molar-refractivity contribution in [1.29, 1.82) is 5.26 Å². The summed E-state index contributed by atoms with van der Waals surface area (Å²) >= 11 is 1.75. The van der Waals surface area contributed by atoms with Crippen LogP contribution in [0, 0.1) is 25.2 Å². The summed E-state index contributed by atoms with van der Waals surface area (Å²) in [6.07, 6.45) is 2.20. The monoisotopic (exact) mass is 492 g/mol. The topological polar surface area (TPSA) is 86.4 Å². The third kappa shape index (κ3) is 5.26. The van der Waals surface area contributed by atoms with Crippen LogP contribution in [-0.4, -0.2) is 70.7 Å². The highest BCUT2D eigenvalue weighted by Crippen LogP contribution is 2.28. The molecule has 1 aromatic carbocycles. The van der Waals surface area contributed by atoms with Gasteiger partial charge in [0.2, 0.25) is 5.91 Å². The zero-order chi connectivity index (χ0) is 24.4. The molecule has 0 radical (unpaired) electrons. The standard InChI is InChI=1S/C26H32N6O2S/c1-18-19(2)32(15-20-6-5-13-34-20)26(21(18)14-27)29-24(33)16-30-9-11-31(12-10-30)17-25-28-22-7-3-4-8-23(22)35-25/h3-4,7-8,20H,5-6,9-13,15-17H2,1-2H3,(H,29,33)/t20-/m0/s1. The van der Waals surface area contributed by atoms with E-state index in [4.69, 9.17) is 9.72 Å². The number of hydrogen-bond acceptors (Lipinski definition) is 7. The third-order valence-corrected chi connectivity index (χ3v) is 8.16. The number of carbonyl (C=O) groups excluding carboxylic acids is 1. The molecule has 0 saturated carbocycles. The van der Waals surface area contributed by atoms with Gasteiger partial charge in [0.1, 0.15) is 16.9 Å². The van der Waals surface area contributed by atoms with Crippen LogP contribution in [0.4, 0.5) is 5.82 Å². The van der Waals surface area contributed by atoms with Crippen LogP contribution in [0.15, 0.2) is 24.3 Å². The Morgan fingerprint density at radius 2 is 2.00 bits per heavy atom. The van der Waals surface area contributed by atoms with E-state index in [1.54, 1.807) is 11.3 Å². The summed E-state index contributed by atoms with van der Waals surface area (Å²) in [6, 6.07) is 10.5. The minimum atomic E-state index is -0.0767. The van der Waals surface area contributed by atoms with Crippen molar-refractivity contribution >= 4 is 33.3 Å². The fourth-order valence-corrected chi connectivity index (χ4v) is 6.02. The summed E-state index contributed by atoms with van der Waals surface area (Å²) in [7, 11) is 0. The number of para-hydroxylation sites is 1. The van der Waals surface area contributed by atoms with E-state index in [-0.39, 0.29) is 12.0 Å². The van der Waals surface area contributed by atoms with Crippen LogP contribution in [0.25, 0.3) is 10.2 Å². The molecule has 9 heteroatoms. The molecule has 1 N–H and O–H groups in total. The number of aromatic nitrogens is 2. The Morgan fingerprint density at radius 1 is 1.23 bits per heavy atom. The molecule has 0 bridgehead atoms. The summed E-state index contributed by atoms with van der Waals surface area (Å²) in [5.74, 6) is 0.532. The van der Waals surface area contributed by atoms with Crippen LogP contribution in [0.5, 0.6) is 0 Å². The predicted octanol–water partition coefficient (Wildman–Crippen LogP) is 3.52. The number of piperazine rings is 1. The number of benzene rings is 1. The Labute approximate surface area is 210 Å². The van der Waals surface area contributed by atoms with Gasteiger partial charge < -0.3 is 14.6 Å². The van der Waals surface area contributed by atoms with Crippen LogP contribution < -0.4 is 5.32 Å². The highest BCUT2D eigenvalue weighted by molar-refractivity contribution is 7.18. The number of nitriles is 1. The second-order valence-corrected chi connectivity index (χ2v) is 10.6. The van der Waals surface area contributed by atoms with Gasteiger partial charge in [0, 0.05) is 38.5 Å². The summed E-state index contributed by atoms with van der Waals surface area (Å²) in [5, 5.41) is 14.0. The lowest BCUT2D eigenvalue weighted by Crippen LogP contribution is -2.48. The van der Waals surface area contributed by atoms with Crippen LogP contribution in [0.2, 0.25) is 0 Å². The lowest BCUT2D eigenvalue weighted by Gasteiger charge is -2.33. The van der Waals surface area contributed by atoms with Gasteiger partial charge >= 0.3 is 0 Å². The van der Waals surface area contributed by atoms with Crippen molar-refractivity contribution < 1.29 is 9.53 Å². The zero-order valence-electron chi connectivity index (χ0n) is 20.4. The number of anilines is 1. The SMILES string of the molecule is Cc1c(C#N)c(NC(=O)CN2CCN(Cc3nc4ccccc4s3)CC2)n(C[C@@H]2CCCO2)c1C. The molecule has 2 aliphatic rings. The largest absolute Gasteiger partial charge is 0.376 e. The van der Waals surface area contributed by atoms with Gasteiger partial charge in [0.15, 0.2) is 0 Å². The minimum Gasteiger partial charge on any atom is -0.376 e. The van der Waals surface area contributed by atoms with Crippen molar-refractivity contribution in [2.24, 2.45) is 0 Å². The van der Waals surface area contributed by atoms with Gasteiger partial charge in [-0.3, -0.25) is 14.6 Å². The Morgan fingerprint density at radius 3 is 2.71 bits per heavy atom. The Kier molecular flexibility index (Phi) is 7.16. The third-order valence-electron chi connectivity index (χ3n) is 7.14. The number of thiazole rings is 1. The van der Waals surface area contributed by atoms with Crippen molar-refractivity contribution in [3.63, 3.8) is 0 Å². The summed E-state index contributed by atoms with van der Waals surface area (Å²) < 4.78 is 9.09. The maximum atomic E-state index is 13.0. The Balaban J connectivity index is 1.17. The van der Waals surface area contributed by atoms with Gasteiger partial charge in [-0.1, -0.05) is 12.1 Å². The molecule has 2 aromatic heterocycles. The van der Waals surface area contributed by atoms with E-state index < -0.39 is 0 Å². The first-order valence-corrected chi connectivity index (χ1v) is 13.1. The zero-order valence-corrected chi connectivity index (χ0v) is 21.2. The molecule has 3 aromatic rings. The van der Waals surface area contributed by atoms with Crippen LogP contribution in [0.1, 0.15) is 34.7 Å². The number of amides is 1. The molecule has 0 spiro atoms. The second kappa shape index (κ2) is 10.5. The van der Waals surface area contributed by atoms with E-state index in [2.05, 4.69) is 44.0 Å². The number of nitrogens with zero attached hydrogens (tertiary/aromatic N) is 5. The maximum Gasteiger partial charge on any atom is 0.239 e. The van der Waals surface area contributed by atoms with Crippen LogP contribution in [-0.2, 0) is 22.6 Å². The van der Waals surface area contributed by atoms with E-state index in [0.29, 0.717) is 24.5 Å². The van der Waals surface area contributed by atoms with Crippen molar-refractivity contribution in [2.75, 3.05) is 44.6 Å². The number of nitrogens with one attached hydrogen (secondary N) is 1. The van der Waals surface area contributed by atoms with Crippen molar-refractivity contribution in [3.05, 3.63) is 46.1 Å². The summed E-state index contributed by atoms with van der Waals surface area (Å²) in [6.45, 7) is 10.0. The van der Waals surface area contributed by atoms with Gasteiger partial charge in [-0.05, 0) is 44.4 Å². The summed E-state index contributed by atoms with van der Waals surface area (Å²) in [5.41, 5.74) is 3.55. The minimum absolute atomic E-state index is 0.0767. The first-order valence-electron chi connectivity index (χ1n) is 12.3. The van der Waals surface area contributed by atoms with Crippen molar-refractivity contribution in [3.8, 4) is 6.07 Å². The predicted molar refractivity (Wildman–Crippen MR) is 138 cm³/mol. The van der Waals surface area contributed by atoms with E-state index in [1.165, 1.54) is 4.70 Å².